The van der Waals surface area contributed by atoms with Crippen LogP contribution in [0.5, 0.6) is 0 Å². The van der Waals surface area contributed by atoms with E-state index in [0.29, 0.717) is 17.9 Å². The molecule has 1 rings (SSSR count). The van der Waals surface area contributed by atoms with Gasteiger partial charge in [0.25, 0.3) is 10.2 Å². The second-order valence-electron chi connectivity index (χ2n) is 3.63. The summed E-state index contributed by atoms with van der Waals surface area (Å²) in [7, 11) is -2.12. The number of ether oxygens (including phenoxy) is 1. The first kappa shape index (κ1) is 14.6. The standard InChI is InChI=1S/C11H16N2O4S/c1-9(14)10-3-5-11(6-4-10)13-18(15,16)12-7-8-17-2/h3-6,12-13H,7-8H2,1-2H3. The Morgan fingerprint density at radius 2 is 1.89 bits per heavy atom. The van der Waals surface area contributed by atoms with Crippen LogP contribution in [0.1, 0.15) is 17.3 Å². The van der Waals surface area contributed by atoms with Gasteiger partial charge in [0.05, 0.1) is 6.61 Å². The number of carbonyl (C=O) groups excluding carboxylic acids is 1. The third-order valence-electron chi connectivity index (χ3n) is 2.14. The van der Waals surface area contributed by atoms with Gasteiger partial charge in [0, 0.05) is 24.9 Å². The van der Waals surface area contributed by atoms with Gasteiger partial charge in [-0.25, -0.2) is 0 Å². The van der Waals surface area contributed by atoms with Gasteiger partial charge in [-0.05, 0) is 31.2 Å². The molecule has 0 spiro atoms. The first-order valence-corrected chi connectivity index (χ1v) is 6.80. The number of methoxy groups -OCH3 is 1. The smallest absolute Gasteiger partial charge is 0.299 e. The number of benzene rings is 1. The third kappa shape index (κ3) is 4.82. The maximum Gasteiger partial charge on any atom is 0.299 e. The maximum absolute atomic E-state index is 11.5. The van der Waals surface area contributed by atoms with Crippen molar-refractivity contribution in [3.63, 3.8) is 0 Å². The highest BCUT2D eigenvalue weighted by Crippen LogP contribution is 2.11. The van der Waals surface area contributed by atoms with E-state index in [0.717, 1.165) is 0 Å². The Labute approximate surface area is 107 Å². The molecule has 1 aromatic carbocycles. The van der Waals surface area contributed by atoms with E-state index in [-0.39, 0.29) is 12.3 Å². The highest BCUT2D eigenvalue weighted by Gasteiger charge is 2.08. The van der Waals surface area contributed by atoms with E-state index in [9.17, 15) is 13.2 Å². The molecule has 0 amide bonds. The molecular weight excluding hydrogens is 256 g/mol. The van der Waals surface area contributed by atoms with Crippen molar-refractivity contribution in [2.75, 3.05) is 25.0 Å². The number of hydrogen-bond acceptors (Lipinski definition) is 4. The number of anilines is 1. The molecule has 0 heterocycles. The van der Waals surface area contributed by atoms with Crippen molar-refractivity contribution in [2.24, 2.45) is 0 Å². The molecule has 0 aliphatic rings. The maximum atomic E-state index is 11.5. The minimum Gasteiger partial charge on any atom is -0.383 e. The second kappa shape index (κ2) is 6.48. The highest BCUT2D eigenvalue weighted by molar-refractivity contribution is 7.90. The summed E-state index contributed by atoms with van der Waals surface area (Å²) >= 11 is 0. The van der Waals surface area contributed by atoms with E-state index >= 15 is 0 Å². The molecule has 0 bridgehead atoms. The number of ketones is 1. The highest BCUT2D eigenvalue weighted by atomic mass is 32.2. The van der Waals surface area contributed by atoms with Crippen LogP contribution < -0.4 is 9.44 Å². The van der Waals surface area contributed by atoms with Gasteiger partial charge in [0.15, 0.2) is 5.78 Å². The fourth-order valence-corrected chi connectivity index (χ4v) is 2.11. The molecule has 0 aliphatic carbocycles. The number of rotatable bonds is 7. The average molecular weight is 272 g/mol. The molecular formula is C11H16N2O4S. The van der Waals surface area contributed by atoms with Gasteiger partial charge < -0.3 is 4.74 Å². The van der Waals surface area contributed by atoms with Crippen LogP contribution >= 0.6 is 0 Å². The summed E-state index contributed by atoms with van der Waals surface area (Å²) in [6.07, 6.45) is 0. The molecule has 1 aromatic rings. The fourth-order valence-electron chi connectivity index (χ4n) is 1.24. The molecule has 7 heteroatoms. The Morgan fingerprint density at radius 3 is 2.39 bits per heavy atom. The van der Waals surface area contributed by atoms with Gasteiger partial charge in [-0.15, -0.1) is 0 Å². The summed E-state index contributed by atoms with van der Waals surface area (Å²) in [5.74, 6) is -0.0670. The quantitative estimate of drug-likeness (QED) is 0.567. The number of carbonyl (C=O) groups is 1. The number of hydrogen-bond donors (Lipinski definition) is 2. The molecule has 6 nitrogen and oxygen atoms in total. The Bertz CT molecular complexity index is 496. The van der Waals surface area contributed by atoms with Crippen LogP contribution in [0.15, 0.2) is 24.3 Å². The lowest BCUT2D eigenvalue weighted by Gasteiger charge is -2.09. The van der Waals surface area contributed by atoms with Crippen molar-refractivity contribution >= 4 is 21.7 Å². The average Bonchev–Trinajstić information content (AvgIpc) is 2.29. The molecule has 0 aliphatic heterocycles. The van der Waals surface area contributed by atoms with Crippen molar-refractivity contribution in [1.82, 2.24) is 4.72 Å². The van der Waals surface area contributed by atoms with Gasteiger partial charge in [-0.1, -0.05) is 0 Å². The zero-order valence-corrected chi connectivity index (χ0v) is 11.1. The fraction of sp³-hybridized carbons (Fsp3) is 0.364. The van der Waals surface area contributed by atoms with E-state index in [1.54, 1.807) is 12.1 Å². The Balaban J connectivity index is 2.63. The summed E-state index contributed by atoms with van der Waals surface area (Å²) in [5, 5.41) is 0. The first-order chi connectivity index (χ1) is 8.44. The molecule has 2 N–H and O–H groups in total. The molecule has 0 atom stereocenters. The van der Waals surface area contributed by atoms with E-state index in [1.807, 2.05) is 0 Å². The zero-order chi connectivity index (χ0) is 13.6. The summed E-state index contributed by atoms with van der Waals surface area (Å²) in [6, 6.07) is 6.20. The molecule has 18 heavy (non-hydrogen) atoms. The first-order valence-electron chi connectivity index (χ1n) is 5.32. The van der Waals surface area contributed by atoms with Crippen LogP contribution in [0.25, 0.3) is 0 Å². The molecule has 0 aromatic heterocycles. The van der Waals surface area contributed by atoms with Crippen LogP contribution in [0, 0.1) is 0 Å². The molecule has 100 valence electrons. The van der Waals surface area contributed by atoms with Gasteiger partial charge in [0.1, 0.15) is 0 Å². The predicted molar refractivity (Wildman–Crippen MR) is 68.9 cm³/mol. The Morgan fingerprint density at radius 1 is 1.28 bits per heavy atom. The van der Waals surface area contributed by atoms with E-state index < -0.39 is 10.2 Å². The predicted octanol–water partition coefficient (Wildman–Crippen LogP) is 0.782. The van der Waals surface area contributed by atoms with Crippen LogP contribution in [0.2, 0.25) is 0 Å². The summed E-state index contributed by atoms with van der Waals surface area (Å²) in [5.41, 5.74) is 0.926. The van der Waals surface area contributed by atoms with Gasteiger partial charge >= 0.3 is 0 Å². The summed E-state index contributed by atoms with van der Waals surface area (Å²) in [6.45, 7) is 1.94. The Hall–Kier alpha value is -1.44. The van der Waals surface area contributed by atoms with Gasteiger partial charge in [-0.2, -0.15) is 13.1 Å². The minimum absolute atomic E-state index is 0.0670. The summed E-state index contributed by atoms with van der Waals surface area (Å²) in [4.78, 5) is 11.1. The molecule has 0 radical (unpaired) electrons. The van der Waals surface area contributed by atoms with Crippen molar-refractivity contribution in [3.05, 3.63) is 29.8 Å². The lowest BCUT2D eigenvalue weighted by molar-refractivity contribution is 0.101. The van der Waals surface area contributed by atoms with Crippen molar-refractivity contribution in [1.29, 1.82) is 0 Å². The topological polar surface area (TPSA) is 84.5 Å². The molecule has 0 fully saturated rings. The van der Waals surface area contributed by atoms with Crippen LogP contribution in [0.3, 0.4) is 0 Å². The minimum atomic E-state index is -3.60. The number of Topliss-reactive ketones (excluding diaryl/α,β-unsaturated/α-hetero) is 1. The van der Waals surface area contributed by atoms with E-state index in [1.165, 1.54) is 26.2 Å². The third-order valence-corrected chi connectivity index (χ3v) is 3.23. The Kier molecular flexibility index (Phi) is 5.26. The van der Waals surface area contributed by atoms with Gasteiger partial charge in [0.2, 0.25) is 0 Å². The van der Waals surface area contributed by atoms with Crippen LogP contribution in [0.4, 0.5) is 5.69 Å². The monoisotopic (exact) mass is 272 g/mol. The van der Waals surface area contributed by atoms with E-state index in [4.69, 9.17) is 4.74 Å². The van der Waals surface area contributed by atoms with Crippen LogP contribution in [-0.2, 0) is 14.9 Å². The normalized spacial score (nSPS) is 11.2. The van der Waals surface area contributed by atoms with Crippen molar-refractivity contribution < 1.29 is 17.9 Å². The summed E-state index contributed by atoms with van der Waals surface area (Å²) < 4.78 is 32.5. The zero-order valence-electron chi connectivity index (χ0n) is 10.3. The SMILES string of the molecule is COCCNS(=O)(=O)Nc1ccc(C(C)=O)cc1. The molecule has 0 saturated carbocycles. The van der Waals surface area contributed by atoms with Gasteiger partial charge in [-0.3, -0.25) is 9.52 Å². The second-order valence-corrected chi connectivity index (χ2v) is 5.13. The molecule has 0 unspecified atom stereocenters. The van der Waals surface area contributed by atoms with E-state index in [2.05, 4.69) is 9.44 Å². The molecule has 0 saturated heterocycles. The number of nitrogens with one attached hydrogen (secondary N) is 2. The lowest BCUT2D eigenvalue weighted by atomic mass is 10.1. The van der Waals surface area contributed by atoms with Crippen molar-refractivity contribution in [3.8, 4) is 0 Å². The van der Waals surface area contributed by atoms with Crippen molar-refractivity contribution in [2.45, 2.75) is 6.92 Å². The van der Waals surface area contributed by atoms with Crippen LogP contribution in [-0.4, -0.2) is 34.5 Å². The lowest BCUT2D eigenvalue weighted by Crippen LogP contribution is -2.32. The largest absolute Gasteiger partial charge is 0.383 e.